The van der Waals surface area contributed by atoms with Gasteiger partial charge >= 0.3 is 6.09 Å². The van der Waals surface area contributed by atoms with Gasteiger partial charge in [-0.1, -0.05) is 19.9 Å². The molecule has 0 radical (unpaired) electrons. The van der Waals surface area contributed by atoms with Gasteiger partial charge in [0.1, 0.15) is 18.8 Å². The van der Waals surface area contributed by atoms with E-state index in [1.165, 1.54) is 0 Å². The SMILES string of the molecule is CC.CC(C)(C)OC(N)=O.CS(=O)(=O)OCCCc1ccc2c(c1)OCCO2. The van der Waals surface area contributed by atoms with E-state index in [1.54, 1.807) is 20.8 Å². The van der Waals surface area contributed by atoms with Crippen molar-refractivity contribution in [3.8, 4) is 11.5 Å². The van der Waals surface area contributed by atoms with Crippen LogP contribution < -0.4 is 15.2 Å². The van der Waals surface area contributed by atoms with E-state index in [0.717, 1.165) is 29.7 Å². The normalized spacial score (nSPS) is 12.6. The van der Waals surface area contributed by atoms with Gasteiger partial charge in [0.25, 0.3) is 10.1 Å². The average Bonchev–Trinajstić information content (AvgIpc) is 2.58. The van der Waals surface area contributed by atoms with Crippen LogP contribution in [0.15, 0.2) is 18.2 Å². The van der Waals surface area contributed by atoms with Crippen molar-refractivity contribution in [1.82, 2.24) is 0 Å². The van der Waals surface area contributed by atoms with Gasteiger partial charge in [-0.2, -0.15) is 8.42 Å². The van der Waals surface area contributed by atoms with Gasteiger partial charge in [0, 0.05) is 0 Å². The Morgan fingerprint density at radius 1 is 1.14 bits per heavy atom. The third-order valence-electron chi connectivity index (χ3n) is 2.92. The molecule has 1 aromatic carbocycles. The monoisotopic (exact) mass is 419 g/mol. The van der Waals surface area contributed by atoms with Crippen LogP contribution in [-0.2, 0) is 25.5 Å². The molecule has 0 saturated heterocycles. The minimum Gasteiger partial charge on any atom is -0.486 e. The molecule has 2 N–H and O–H groups in total. The lowest BCUT2D eigenvalue weighted by atomic mass is 10.1. The van der Waals surface area contributed by atoms with Crippen molar-refractivity contribution < 1.29 is 31.6 Å². The molecular weight excluding hydrogens is 386 g/mol. The minimum atomic E-state index is -3.34. The Labute approximate surface area is 168 Å². The average molecular weight is 420 g/mol. The lowest BCUT2D eigenvalue weighted by molar-refractivity contribution is 0.0600. The maximum atomic E-state index is 10.8. The highest BCUT2D eigenvalue weighted by molar-refractivity contribution is 7.85. The summed E-state index contributed by atoms with van der Waals surface area (Å²) in [5, 5.41) is 0. The molecular formula is C19H33NO7S. The molecule has 0 spiro atoms. The predicted octanol–water partition coefficient (Wildman–Crippen LogP) is 3.27. The number of rotatable bonds is 5. The number of amides is 1. The largest absolute Gasteiger partial charge is 0.486 e. The van der Waals surface area contributed by atoms with Crippen LogP contribution in [0.2, 0.25) is 0 Å². The molecule has 1 heterocycles. The molecule has 9 heteroatoms. The number of fused-ring (bicyclic) bond motifs is 1. The van der Waals surface area contributed by atoms with Gasteiger partial charge in [-0.15, -0.1) is 0 Å². The number of hydrogen-bond donors (Lipinski definition) is 1. The molecule has 2 rings (SSSR count). The molecule has 0 atom stereocenters. The van der Waals surface area contributed by atoms with Crippen LogP contribution in [0.3, 0.4) is 0 Å². The van der Waals surface area contributed by atoms with E-state index in [4.69, 9.17) is 15.2 Å². The zero-order valence-corrected chi connectivity index (χ0v) is 18.4. The highest BCUT2D eigenvalue weighted by atomic mass is 32.2. The molecule has 28 heavy (non-hydrogen) atoms. The summed E-state index contributed by atoms with van der Waals surface area (Å²) in [6.07, 6.45) is 1.72. The fourth-order valence-corrected chi connectivity index (χ4v) is 2.45. The molecule has 0 aliphatic carbocycles. The third kappa shape index (κ3) is 13.2. The Kier molecular flexibility index (Phi) is 11.6. The molecule has 1 aliphatic heterocycles. The van der Waals surface area contributed by atoms with E-state index in [1.807, 2.05) is 32.0 Å². The van der Waals surface area contributed by atoms with E-state index >= 15 is 0 Å². The van der Waals surface area contributed by atoms with Crippen molar-refractivity contribution in [2.75, 3.05) is 26.1 Å². The second-order valence-electron chi connectivity index (χ2n) is 6.64. The quantitative estimate of drug-likeness (QED) is 0.575. The van der Waals surface area contributed by atoms with Gasteiger partial charge in [-0.25, -0.2) is 4.79 Å². The van der Waals surface area contributed by atoms with Crippen molar-refractivity contribution >= 4 is 16.2 Å². The molecule has 8 nitrogen and oxygen atoms in total. The van der Waals surface area contributed by atoms with E-state index < -0.39 is 21.8 Å². The van der Waals surface area contributed by atoms with Crippen molar-refractivity contribution in [3.63, 3.8) is 0 Å². The van der Waals surface area contributed by atoms with Crippen LogP contribution in [0.4, 0.5) is 4.79 Å². The minimum absolute atomic E-state index is 0.202. The molecule has 0 fully saturated rings. The van der Waals surface area contributed by atoms with Crippen molar-refractivity contribution in [1.29, 1.82) is 0 Å². The number of benzene rings is 1. The zero-order valence-electron chi connectivity index (χ0n) is 17.6. The molecule has 0 aromatic heterocycles. The number of nitrogens with two attached hydrogens (primary N) is 1. The lowest BCUT2D eigenvalue weighted by Gasteiger charge is -2.18. The fraction of sp³-hybridized carbons (Fsp3) is 0.632. The second-order valence-corrected chi connectivity index (χ2v) is 8.29. The number of ether oxygens (including phenoxy) is 3. The van der Waals surface area contributed by atoms with E-state index in [0.29, 0.717) is 19.6 Å². The summed E-state index contributed by atoms with van der Waals surface area (Å²) in [4.78, 5) is 10.0. The summed E-state index contributed by atoms with van der Waals surface area (Å²) < 4.78 is 41.7. The molecule has 1 amide bonds. The first-order valence-electron chi connectivity index (χ1n) is 9.18. The smallest absolute Gasteiger partial charge is 0.405 e. The fourth-order valence-electron chi connectivity index (χ4n) is 2.03. The summed E-state index contributed by atoms with van der Waals surface area (Å²) in [6.45, 7) is 10.6. The Balaban J connectivity index is 0.000000618. The number of hydrogen-bond acceptors (Lipinski definition) is 7. The summed E-state index contributed by atoms with van der Waals surface area (Å²) in [5.74, 6) is 1.51. The number of primary amides is 1. The first kappa shape index (κ1) is 26.0. The van der Waals surface area contributed by atoms with Crippen LogP contribution in [0.5, 0.6) is 11.5 Å². The van der Waals surface area contributed by atoms with Gasteiger partial charge in [0.2, 0.25) is 0 Å². The van der Waals surface area contributed by atoms with Gasteiger partial charge < -0.3 is 19.9 Å². The predicted molar refractivity (Wildman–Crippen MR) is 108 cm³/mol. The van der Waals surface area contributed by atoms with Gasteiger partial charge in [-0.05, 0) is 51.3 Å². The molecule has 0 saturated carbocycles. The van der Waals surface area contributed by atoms with E-state index in [-0.39, 0.29) is 6.61 Å². The summed E-state index contributed by atoms with van der Waals surface area (Å²) >= 11 is 0. The highest BCUT2D eigenvalue weighted by Crippen LogP contribution is 2.31. The van der Waals surface area contributed by atoms with Crippen molar-refractivity contribution in [2.45, 2.75) is 53.1 Å². The second kappa shape index (κ2) is 12.5. The van der Waals surface area contributed by atoms with Crippen LogP contribution in [-0.4, -0.2) is 46.2 Å². The number of carbonyl (C=O) groups is 1. The van der Waals surface area contributed by atoms with Gasteiger partial charge in [0.05, 0.1) is 12.9 Å². The van der Waals surface area contributed by atoms with Crippen molar-refractivity contribution in [2.24, 2.45) is 5.73 Å². The van der Waals surface area contributed by atoms with Gasteiger partial charge in [0.15, 0.2) is 11.5 Å². The molecule has 1 aliphatic rings. The number of aryl methyl sites for hydroxylation is 1. The maximum absolute atomic E-state index is 10.8. The van der Waals surface area contributed by atoms with Crippen LogP contribution >= 0.6 is 0 Å². The molecule has 0 bridgehead atoms. The zero-order chi connectivity index (χ0) is 21.8. The third-order valence-corrected chi connectivity index (χ3v) is 3.52. The Morgan fingerprint density at radius 2 is 1.71 bits per heavy atom. The Bertz CT molecular complexity index is 697. The summed E-state index contributed by atoms with van der Waals surface area (Å²) in [6, 6.07) is 5.75. The van der Waals surface area contributed by atoms with Gasteiger partial charge in [-0.3, -0.25) is 4.18 Å². The lowest BCUT2D eigenvalue weighted by Crippen LogP contribution is -2.27. The topological polar surface area (TPSA) is 114 Å². The van der Waals surface area contributed by atoms with Crippen LogP contribution in [0.25, 0.3) is 0 Å². The van der Waals surface area contributed by atoms with Crippen LogP contribution in [0, 0.1) is 0 Å². The Hall–Kier alpha value is -2.00. The first-order chi connectivity index (χ1) is 13.0. The standard InChI is InChI=1S/C12H16O5S.C5H11NO2.C2H6/c1-18(13,14)17-6-2-3-10-4-5-11-12(9-10)16-8-7-15-11;1-5(2,3)8-4(6)7;1-2/h4-5,9H,2-3,6-8H2,1H3;1-3H3,(H2,6,7);1-2H3. The summed E-state index contributed by atoms with van der Waals surface area (Å²) in [5.41, 5.74) is 5.34. The molecule has 0 unspecified atom stereocenters. The maximum Gasteiger partial charge on any atom is 0.405 e. The Morgan fingerprint density at radius 3 is 2.18 bits per heavy atom. The van der Waals surface area contributed by atoms with Crippen LogP contribution in [0.1, 0.15) is 46.6 Å². The van der Waals surface area contributed by atoms with E-state index in [9.17, 15) is 13.2 Å². The van der Waals surface area contributed by atoms with Crippen molar-refractivity contribution in [3.05, 3.63) is 23.8 Å². The number of carbonyl (C=O) groups excluding carboxylic acids is 1. The first-order valence-corrected chi connectivity index (χ1v) is 11.0. The molecule has 162 valence electrons. The van der Waals surface area contributed by atoms with E-state index in [2.05, 4.69) is 8.92 Å². The molecule has 1 aromatic rings. The summed E-state index contributed by atoms with van der Waals surface area (Å²) in [7, 11) is -3.34. The highest BCUT2D eigenvalue weighted by Gasteiger charge is 2.13.